The minimum absolute atomic E-state index is 0.109. The van der Waals surface area contributed by atoms with Crippen LogP contribution in [0.2, 0.25) is 0 Å². The van der Waals surface area contributed by atoms with Gasteiger partial charge in [-0.05, 0) is 68.7 Å². The molecule has 0 amide bonds. The van der Waals surface area contributed by atoms with Crippen LogP contribution in [0.15, 0.2) is 0 Å². The summed E-state index contributed by atoms with van der Waals surface area (Å²) >= 11 is 0. The number of esters is 1. The van der Waals surface area contributed by atoms with E-state index in [-0.39, 0.29) is 5.97 Å². The van der Waals surface area contributed by atoms with Crippen LogP contribution in [-0.4, -0.2) is 38.1 Å². The molecule has 0 radical (unpaired) electrons. The lowest BCUT2D eigenvalue weighted by Crippen LogP contribution is -2.51. The zero-order valence-electron chi connectivity index (χ0n) is 11.7. The monoisotopic (exact) mass is 251 g/mol. The molecular formula is C15H25NO2. The predicted molar refractivity (Wildman–Crippen MR) is 70.1 cm³/mol. The highest BCUT2D eigenvalue weighted by Gasteiger charge is 2.50. The van der Waals surface area contributed by atoms with Gasteiger partial charge in [0.1, 0.15) is 0 Å². The van der Waals surface area contributed by atoms with Crippen LogP contribution in [0.25, 0.3) is 0 Å². The number of hydrogen-bond donors (Lipinski definition) is 0. The van der Waals surface area contributed by atoms with E-state index in [4.69, 9.17) is 4.74 Å². The average Bonchev–Trinajstić information content (AvgIpc) is 2.25. The molecule has 4 saturated carbocycles. The van der Waals surface area contributed by atoms with E-state index < -0.39 is 0 Å². The molecule has 0 atom stereocenters. The zero-order valence-corrected chi connectivity index (χ0v) is 11.7. The van der Waals surface area contributed by atoms with E-state index in [0.717, 1.165) is 24.3 Å². The van der Waals surface area contributed by atoms with Gasteiger partial charge in [-0.2, -0.15) is 0 Å². The van der Waals surface area contributed by atoms with E-state index >= 15 is 0 Å². The highest BCUT2D eigenvalue weighted by atomic mass is 16.5. The molecule has 102 valence electrons. The van der Waals surface area contributed by atoms with Crippen molar-refractivity contribution < 1.29 is 9.53 Å². The molecule has 0 aliphatic heterocycles. The first-order chi connectivity index (χ1) is 8.58. The summed E-state index contributed by atoms with van der Waals surface area (Å²) in [5, 5.41) is 0. The first kappa shape index (κ1) is 12.5. The SMILES string of the molecule is COC(=O)CN(C)CC12CC3CC(CC(C3)C1)C2. The molecule has 0 heterocycles. The summed E-state index contributed by atoms with van der Waals surface area (Å²) in [5.41, 5.74) is 0.525. The smallest absolute Gasteiger partial charge is 0.319 e. The average molecular weight is 251 g/mol. The third kappa shape index (κ3) is 2.29. The fourth-order valence-corrected chi connectivity index (χ4v) is 5.40. The van der Waals surface area contributed by atoms with Gasteiger partial charge in [0.2, 0.25) is 0 Å². The number of carbonyl (C=O) groups is 1. The van der Waals surface area contributed by atoms with Crippen LogP contribution < -0.4 is 0 Å². The van der Waals surface area contributed by atoms with Crippen molar-refractivity contribution in [2.75, 3.05) is 27.2 Å². The third-order valence-electron chi connectivity index (χ3n) is 5.40. The molecule has 0 spiro atoms. The fourth-order valence-electron chi connectivity index (χ4n) is 5.40. The van der Waals surface area contributed by atoms with Crippen molar-refractivity contribution in [3.05, 3.63) is 0 Å². The van der Waals surface area contributed by atoms with E-state index in [0.29, 0.717) is 12.0 Å². The van der Waals surface area contributed by atoms with E-state index in [1.807, 2.05) is 0 Å². The van der Waals surface area contributed by atoms with Crippen molar-refractivity contribution in [2.45, 2.75) is 38.5 Å². The molecule has 4 fully saturated rings. The topological polar surface area (TPSA) is 29.5 Å². The molecule has 0 saturated heterocycles. The van der Waals surface area contributed by atoms with Crippen molar-refractivity contribution in [3.8, 4) is 0 Å². The van der Waals surface area contributed by atoms with Gasteiger partial charge in [-0.3, -0.25) is 9.69 Å². The summed E-state index contributed by atoms with van der Waals surface area (Å²) < 4.78 is 4.76. The Balaban J connectivity index is 1.63. The molecule has 0 aromatic heterocycles. The number of methoxy groups -OCH3 is 1. The van der Waals surface area contributed by atoms with Crippen LogP contribution in [-0.2, 0) is 9.53 Å². The number of nitrogens with zero attached hydrogens (tertiary/aromatic N) is 1. The van der Waals surface area contributed by atoms with Crippen LogP contribution >= 0.6 is 0 Å². The summed E-state index contributed by atoms with van der Waals surface area (Å²) in [6, 6.07) is 0. The minimum Gasteiger partial charge on any atom is -0.468 e. The van der Waals surface area contributed by atoms with Crippen molar-refractivity contribution in [3.63, 3.8) is 0 Å². The predicted octanol–water partition coefficient (Wildman–Crippen LogP) is 2.31. The number of rotatable bonds is 4. The Morgan fingerprint density at radius 3 is 2.11 bits per heavy atom. The van der Waals surface area contributed by atoms with Gasteiger partial charge in [-0.1, -0.05) is 0 Å². The number of likely N-dealkylation sites (N-methyl/N-ethyl adjacent to an activating group) is 1. The van der Waals surface area contributed by atoms with E-state index in [1.54, 1.807) is 0 Å². The van der Waals surface area contributed by atoms with E-state index in [2.05, 4.69) is 11.9 Å². The Hall–Kier alpha value is -0.570. The number of carbonyl (C=O) groups excluding carboxylic acids is 1. The lowest BCUT2D eigenvalue weighted by Gasteiger charge is -2.57. The highest BCUT2D eigenvalue weighted by molar-refractivity contribution is 5.71. The van der Waals surface area contributed by atoms with Gasteiger partial charge in [0.25, 0.3) is 0 Å². The first-order valence-corrected chi connectivity index (χ1v) is 7.34. The van der Waals surface area contributed by atoms with Crippen molar-refractivity contribution in [2.24, 2.45) is 23.2 Å². The molecule has 4 rings (SSSR count). The van der Waals surface area contributed by atoms with Gasteiger partial charge >= 0.3 is 5.97 Å². The number of hydrogen-bond acceptors (Lipinski definition) is 3. The molecule has 4 aliphatic carbocycles. The van der Waals surface area contributed by atoms with Crippen LogP contribution in [0.1, 0.15) is 38.5 Å². The summed E-state index contributed by atoms with van der Waals surface area (Å²) in [7, 11) is 3.54. The molecule has 18 heavy (non-hydrogen) atoms. The van der Waals surface area contributed by atoms with Crippen LogP contribution in [0, 0.1) is 23.2 Å². The highest BCUT2D eigenvalue weighted by Crippen LogP contribution is 2.60. The normalized spacial score (nSPS) is 41.4. The summed E-state index contributed by atoms with van der Waals surface area (Å²) in [6.07, 6.45) is 8.68. The first-order valence-electron chi connectivity index (χ1n) is 7.34. The summed E-state index contributed by atoms with van der Waals surface area (Å²) in [5.74, 6) is 2.86. The molecule has 0 aromatic carbocycles. The summed E-state index contributed by atoms with van der Waals surface area (Å²) in [6.45, 7) is 1.53. The van der Waals surface area contributed by atoms with E-state index in [1.165, 1.54) is 45.6 Å². The molecule has 4 bridgehead atoms. The Morgan fingerprint density at radius 1 is 1.17 bits per heavy atom. The fraction of sp³-hybridized carbons (Fsp3) is 0.933. The van der Waals surface area contributed by atoms with Crippen molar-refractivity contribution >= 4 is 5.97 Å². The van der Waals surface area contributed by atoms with Crippen LogP contribution in [0.3, 0.4) is 0 Å². The van der Waals surface area contributed by atoms with Gasteiger partial charge in [-0.15, -0.1) is 0 Å². The third-order valence-corrected chi connectivity index (χ3v) is 5.40. The second kappa shape index (κ2) is 4.52. The maximum atomic E-state index is 11.3. The maximum absolute atomic E-state index is 11.3. The minimum atomic E-state index is -0.109. The van der Waals surface area contributed by atoms with Crippen molar-refractivity contribution in [1.82, 2.24) is 4.90 Å². The van der Waals surface area contributed by atoms with Crippen LogP contribution in [0.5, 0.6) is 0 Å². The molecule has 3 heteroatoms. The lowest BCUT2D eigenvalue weighted by atomic mass is 9.49. The van der Waals surface area contributed by atoms with Gasteiger partial charge in [0.15, 0.2) is 0 Å². The van der Waals surface area contributed by atoms with Gasteiger partial charge < -0.3 is 4.74 Å². The lowest BCUT2D eigenvalue weighted by molar-refractivity contribution is -0.142. The number of ether oxygens (including phenoxy) is 1. The molecule has 4 aliphatic rings. The zero-order chi connectivity index (χ0) is 12.8. The standard InChI is InChI=1S/C15H25NO2/c1-16(9-14(17)18-2)10-15-6-11-3-12(7-15)5-13(4-11)8-15/h11-13H,3-10H2,1-2H3. The summed E-state index contributed by atoms with van der Waals surface area (Å²) in [4.78, 5) is 13.5. The van der Waals surface area contributed by atoms with Gasteiger partial charge in [-0.25, -0.2) is 0 Å². The van der Waals surface area contributed by atoms with Crippen LogP contribution in [0.4, 0.5) is 0 Å². The molecule has 0 unspecified atom stereocenters. The Labute approximate surface area is 110 Å². The molecule has 0 N–H and O–H groups in total. The molecule has 0 aromatic rings. The molecule has 3 nitrogen and oxygen atoms in total. The quantitative estimate of drug-likeness (QED) is 0.718. The second-order valence-corrected chi connectivity index (χ2v) is 7.17. The second-order valence-electron chi connectivity index (χ2n) is 7.17. The van der Waals surface area contributed by atoms with E-state index in [9.17, 15) is 4.79 Å². The largest absolute Gasteiger partial charge is 0.468 e. The Kier molecular flexibility index (Phi) is 3.13. The Bertz CT molecular complexity index is 304. The maximum Gasteiger partial charge on any atom is 0.319 e. The van der Waals surface area contributed by atoms with Gasteiger partial charge in [0.05, 0.1) is 13.7 Å². The molecular weight excluding hydrogens is 226 g/mol. The Morgan fingerprint density at radius 2 is 1.67 bits per heavy atom. The van der Waals surface area contributed by atoms with Crippen molar-refractivity contribution in [1.29, 1.82) is 0 Å². The van der Waals surface area contributed by atoms with Gasteiger partial charge in [0, 0.05) is 6.54 Å².